The topological polar surface area (TPSA) is 61.8 Å². The van der Waals surface area contributed by atoms with Crippen molar-refractivity contribution in [3.63, 3.8) is 0 Å². The highest BCUT2D eigenvalue weighted by atomic mass is 16.5. The molecule has 0 radical (unpaired) electrons. The Balaban J connectivity index is 1.42. The highest BCUT2D eigenvalue weighted by molar-refractivity contribution is 6.04. The molecule has 246 valence electrons. The van der Waals surface area contributed by atoms with Gasteiger partial charge in [-0.25, -0.2) is 0 Å². The molecule has 9 atom stereocenters. The maximum Gasteiger partial charge on any atom is 0.312 e. The molecule has 1 aromatic carbocycles. The van der Waals surface area contributed by atoms with Crippen molar-refractivity contribution in [3.05, 3.63) is 41.5 Å². The molecule has 5 unspecified atom stereocenters. The predicted octanol–water partition coefficient (Wildman–Crippen LogP) is 9.10. The first-order chi connectivity index (χ1) is 21.2. The van der Waals surface area contributed by atoms with Crippen molar-refractivity contribution in [2.45, 2.75) is 99.3 Å². The van der Waals surface area contributed by atoms with Crippen LogP contribution in [0.15, 0.2) is 35.9 Å². The molecular formula is C40H56O5. The number of carbonyl (C=O) groups excluding carboxylic acids is 2. The molecule has 0 bridgehead atoms. The first-order valence-corrected chi connectivity index (χ1v) is 17.4. The van der Waals surface area contributed by atoms with Gasteiger partial charge in [-0.3, -0.25) is 9.59 Å². The molecule has 0 aliphatic heterocycles. The summed E-state index contributed by atoms with van der Waals surface area (Å²) in [4.78, 5) is 27.9. The Bertz CT molecular complexity index is 1440. The standard InChI is InChI=1S/C40H56O5/c1-24(2)27-16-19-40(35(42)45-10)21-20-38(6)28(32(27)40)14-15-31-37(5)23-26(22-25-12-11-13-29(43-8)33(25)44-9)34(41)36(3,4)30(37)17-18-39(31,38)7/h11-13,22,27-28,30-32H,1,14-21,23H2,2-10H3/t27-,28?,30?,31?,32?,37-,38+,39+,40?/m0/s1. The molecule has 5 fully saturated rings. The van der Waals surface area contributed by atoms with Gasteiger partial charge in [-0.05, 0) is 128 Å². The van der Waals surface area contributed by atoms with E-state index in [1.165, 1.54) is 5.57 Å². The third-order valence-corrected chi connectivity index (χ3v) is 15.0. The first kappa shape index (κ1) is 32.4. The second kappa shape index (κ2) is 10.7. The number of ketones is 1. The minimum atomic E-state index is -0.451. The van der Waals surface area contributed by atoms with Gasteiger partial charge in [-0.15, -0.1) is 0 Å². The Labute approximate surface area is 271 Å². The van der Waals surface area contributed by atoms with E-state index in [1.807, 2.05) is 18.2 Å². The third kappa shape index (κ3) is 4.23. The van der Waals surface area contributed by atoms with Crippen LogP contribution >= 0.6 is 0 Å². The molecule has 0 aromatic heterocycles. The van der Waals surface area contributed by atoms with Gasteiger partial charge in [0.2, 0.25) is 0 Å². The normalized spacial score (nSPS) is 42.6. The number of rotatable bonds is 5. The Morgan fingerprint density at radius 1 is 0.889 bits per heavy atom. The minimum Gasteiger partial charge on any atom is -0.493 e. The molecule has 1 aromatic rings. The van der Waals surface area contributed by atoms with Crippen LogP contribution < -0.4 is 9.47 Å². The van der Waals surface area contributed by atoms with E-state index >= 15 is 0 Å². The summed E-state index contributed by atoms with van der Waals surface area (Å²) in [7, 11) is 4.89. The second-order valence-corrected chi connectivity index (χ2v) is 16.8. The molecule has 5 aliphatic rings. The number of ether oxygens (including phenoxy) is 3. The van der Waals surface area contributed by atoms with Crippen LogP contribution in [0.25, 0.3) is 6.08 Å². The fourth-order valence-electron chi connectivity index (χ4n) is 12.9. The molecule has 5 aliphatic carbocycles. The zero-order chi connectivity index (χ0) is 32.7. The summed E-state index contributed by atoms with van der Waals surface area (Å²) in [6, 6.07) is 5.89. The number of esters is 1. The van der Waals surface area contributed by atoms with Crippen molar-refractivity contribution >= 4 is 17.8 Å². The summed E-state index contributed by atoms with van der Waals surface area (Å²) in [6.07, 6.45) is 11.3. The maximum atomic E-state index is 14.3. The predicted molar refractivity (Wildman–Crippen MR) is 179 cm³/mol. The van der Waals surface area contributed by atoms with Crippen molar-refractivity contribution in [3.8, 4) is 11.5 Å². The number of hydrogen-bond acceptors (Lipinski definition) is 5. The number of hydrogen-bond donors (Lipinski definition) is 0. The third-order valence-electron chi connectivity index (χ3n) is 15.0. The van der Waals surface area contributed by atoms with Gasteiger partial charge in [0.05, 0.1) is 26.7 Å². The van der Waals surface area contributed by atoms with Crippen molar-refractivity contribution < 1.29 is 23.8 Å². The summed E-state index contributed by atoms with van der Waals surface area (Å²) in [5, 5.41) is 0. The fraction of sp³-hybridized carbons (Fsp3) is 0.700. The quantitative estimate of drug-likeness (QED) is 0.188. The Kier molecular flexibility index (Phi) is 7.73. The van der Waals surface area contributed by atoms with E-state index < -0.39 is 5.41 Å². The van der Waals surface area contributed by atoms with E-state index in [0.717, 1.165) is 68.9 Å². The Hall–Kier alpha value is -2.56. The number of benzene rings is 1. The molecule has 45 heavy (non-hydrogen) atoms. The van der Waals surface area contributed by atoms with Crippen LogP contribution in [0.5, 0.6) is 11.5 Å². The van der Waals surface area contributed by atoms with Crippen LogP contribution in [0.4, 0.5) is 0 Å². The first-order valence-electron chi connectivity index (χ1n) is 17.4. The molecule has 5 saturated carbocycles. The van der Waals surface area contributed by atoms with Crippen LogP contribution in [0.3, 0.4) is 0 Å². The van der Waals surface area contributed by atoms with Gasteiger partial charge in [-0.1, -0.05) is 58.9 Å². The van der Waals surface area contributed by atoms with Crippen LogP contribution in [0.1, 0.15) is 105 Å². The van der Waals surface area contributed by atoms with E-state index in [-0.39, 0.29) is 33.4 Å². The van der Waals surface area contributed by atoms with Crippen molar-refractivity contribution in [2.24, 2.45) is 56.7 Å². The van der Waals surface area contributed by atoms with Crippen molar-refractivity contribution in [1.82, 2.24) is 0 Å². The molecule has 5 heteroatoms. The number of fused-ring (bicyclic) bond motifs is 7. The summed E-state index contributed by atoms with van der Waals surface area (Å²) >= 11 is 0. The van der Waals surface area contributed by atoms with Gasteiger partial charge in [-0.2, -0.15) is 0 Å². The van der Waals surface area contributed by atoms with Crippen LogP contribution in [-0.2, 0) is 14.3 Å². The van der Waals surface area contributed by atoms with Crippen molar-refractivity contribution in [1.29, 1.82) is 0 Å². The summed E-state index contributed by atoms with van der Waals surface area (Å²) in [5.74, 6) is 3.58. The molecule has 5 nitrogen and oxygen atoms in total. The number of para-hydroxylation sites is 1. The lowest BCUT2D eigenvalue weighted by molar-refractivity contribution is -0.232. The van der Waals surface area contributed by atoms with Gasteiger partial charge >= 0.3 is 5.97 Å². The molecule has 0 amide bonds. The Morgan fingerprint density at radius 3 is 2.27 bits per heavy atom. The lowest BCUT2D eigenvalue weighted by Crippen LogP contribution is -2.67. The van der Waals surface area contributed by atoms with E-state index in [9.17, 15) is 9.59 Å². The second-order valence-electron chi connectivity index (χ2n) is 16.8. The molecule has 0 spiro atoms. The molecule has 0 heterocycles. The zero-order valence-corrected chi connectivity index (χ0v) is 29.3. The molecular weight excluding hydrogens is 560 g/mol. The van der Waals surface area contributed by atoms with Gasteiger partial charge in [0, 0.05) is 11.0 Å². The van der Waals surface area contributed by atoms with Gasteiger partial charge in [0.1, 0.15) is 0 Å². The number of allylic oxidation sites excluding steroid dienone is 2. The van der Waals surface area contributed by atoms with E-state index in [2.05, 4.69) is 54.2 Å². The Morgan fingerprint density at radius 2 is 1.62 bits per heavy atom. The monoisotopic (exact) mass is 616 g/mol. The highest BCUT2D eigenvalue weighted by Crippen LogP contribution is 2.77. The lowest BCUT2D eigenvalue weighted by atomic mass is 9.32. The zero-order valence-electron chi connectivity index (χ0n) is 29.3. The smallest absolute Gasteiger partial charge is 0.312 e. The lowest BCUT2D eigenvalue weighted by Gasteiger charge is -2.72. The van der Waals surface area contributed by atoms with Crippen molar-refractivity contribution in [2.75, 3.05) is 21.3 Å². The van der Waals surface area contributed by atoms with E-state index in [4.69, 9.17) is 14.2 Å². The van der Waals surface area contributed by atoms with Gasteiger partial charge in [0.15, 0.2) is 17.3 Å². The minimum absolute atomic E-state index is 0.0107. The molecule has 0 saturated heterocycles. The average molecular weight is 617 g/mol. The van der Waals surface area contributed by atoms with E-state index in [0.29, 0.717) is 41.1 Å². The number of Topliss-reactive ketones (excluding diaryl/α,β-unsaturated/α-hetero) is 1. The van der Waals surface area contributed by atoms with Gasteiger partial charge in [0.25, 0.3) is 0 Å². The summed E-state index contributed by atoms with van der Waals surface area (Å²) < 4.78 is 16.9. The fourth-order valence-corrected chi connectivity index (χ4v) is 12.9. The number of methoxy groups -OCH3 is 3. The highest BCUT2D eigenvalue weighted by Gasteiger charge is 2.72. The number of carbonyl (C=O) groups is 2. The maximum absolute atomic E-state index is 14.3. The average Bonchev–Trinajstić information content (AvgIpc) is 3.41. The largest absolute Gasteiger partial charge is 0.493 e. The summed E-state index contributed by atoms with van der Waals surface area (Å²) in [6.45, 7) is 18.7. The summed E-state index contributed by atoms with van der Waals surface area (Å²) in [5.41, 5.74) is 2.41. The van der Waals surface area contributed by atoms with Crippen LogP contribution in [0.2, 0.25) is 0 Å². The van der Waals surface area contributed by atoms with Crippen LogP contribution in [0, 0.1) is 56.7 Å². The van der Waals surface area contributed by atoms with E-state index in [1.54, 1.807) is 21.3 Å². The van der Waals surface area contributed by atoms with Gasteiger partial charge < -0.3 is 14.2 Å². The SMILES string of the molecule is C=C(C)[C@@H]1CCC2(C(=O)OC)CC[C@]3(C)C(CCC4[C@@]5(C)CC(=Cc6cccc(OC)c6OC)C(=O)C(C)(C)C5CC[C@]43C)C12. The van der Waals surface area contributed by atoms with Crippen LogP contribution in [-0.4, -0.2) is 33.1 Å². The molecule has 6 rings (SSSR count). The molecule has 0 N–H and O–H groups in total.